The van der Waals surface area contributed by atoms with Crippen molar-refractivity contribution in [2.45, 2.75) is 12.8 Å². The topological polar surface area (TPSA) is 0 Å². The summed E-state index contributed by atoms with van der Waals surface area (Å²) in [7, 11) is 0. The Hall–Kier alpha value is -2.26. The van der Waals surface area contributed by atoms with Crippen LogP contribution >= 0.6 is 0 Å². The van der Waals surface area contributed by atoms with Gasteiger partial charge in [0, 0.05) is 6.42 Å². The Morgan fingerprint density at radius 2 is 1.56 bits per heavy atom. The minimum absolute atomic E-state index is 0.802. The van der Waals surface area contributed by atoms with E-state index >= 15 is 0 Å². The van der Waals surface area contributed by atoms with Gasteiger partial charge >= 0.3 is 0 Å². The van der Waals surface area contributed by atoms with Crippen LogP contribution in [0.25, 0.3) is 21.5 Å². The number of hydrogen-bond donors (Lipinski definition) is 0. The normalized spacial score (nSPS) is 10.6. The molecule has 0 heterocycles. The van der Waals surface area contributed by atoms with Gasteiger partial charge < -0.3 is 0 Å². The van der Waals surface area contributed by atoms with Gasteiger partial charge in [0.2, 0.25) is 0 Å². The Morgan fingerprint density at radius 3 is 2.39 bits per heavy atom. The molecule has 0 atom stereocenters. The average Bonchev–Trinajstić information content (AvgIpc) is 2.45. The van der Waals surface area contributed by atoms with Crippen LogP contribution in [0.5, 0.6) is 0 Å². The molecular weight excluding hydrogens is 216 g/mol. The van der Waals surface area contributed by atoms with Gasteiger partial charge in [-0.25, -0.2) is 0 Å². The van der Waals surface area contributed by atoms with E-state index in [-0.39, 0.29) is 0 Å². The largest absolute Gasteiger partial charge is 0.120 e. The van der Waals surface area contributed by atoms with Crippen LogP contribution in [0.3, 0.4) is 0 Å². The molecule has 3 aromatic rings. The van der Waals surface area contributed by atoms with Gasteiger partial charge in [0.05, 0.1) is 0 Å². The first-order valence-electron chi connectivity index (χ1n) is 6.22. The van der Waals surface area contributed by atoms with Crippen LogP contribution < -0.4 is 0 Å². The van der Waals surface area contributed by atoms with E-state index in [1.165, 1.54) is 27.1 Å². The number of fused-ring (bicyclic) bond motifs is 3. The van der Waals surface area contributed by atoms with Gasteiger partial charge in [-0.3, -0.25) is 0 Å². The van der Waals surface area contributed by atoms with Gasteiger partial charge in [-0.05, 0) is 33.5 Å². The second-order valence-electron chi connectivity index (χ2n) is 4.55. The summed E-state index contributed by atoms with van der Waals surface area (Å²) >= 11 is 0. The maximum atomic E-state index is 5.33. The average molecular weight is 230 g/mol. The Bertz CT molecular complexity index is 745. The van der Waals surface area contributed by atoms with Crippen LogP contribution in [0.4, 0.5) is 0 Å². The predicted octanol–water partition coefficient (Wildman–Crippen LogP) is 4.56. The van der Waals surface area contributed by atoms with E-state index in [0.717, 1.165) is 12.8 Å². The van der Waals surface area contributed by atoms with Crippen molar-refractivity contribution in [2.24, 2.45) is 0 Å². The third-order valence-electron chi connectivity index (χ3n) is 3.37. The number of hydrogen-bond acceptors (Lipinski definition) is 0. The second kappa shape index (κ2) is 4.55. The second-order valence-corrected chi connectivity index (χ2v) is 4.55. The molecule has 0 heteroatoms. The van der Waals surface area contributed by atoms with Crippen molar-refractivity contribution < 1.29 is 0 Å². The minimum atomic E-state index is 0.802. The fourth-order valence-electron chi connectivity index (χ4n) is 2.42. The zero-order chi connectivity index (χ0) is 12.4. The monoisotopic (exact) mass is 230 g/mol. The van der Waals surface area contributed by atoms with Crippen molar-refractivity contribution in [3.05, 3.63) is 60.2 Å². The summed E-state index contributed by atoms with van der Waals surface area (Å²) in [6.07, 6.45) is 7.09. The molecule has 0 amide bonds. The first kappa shape index (κ1) is 10.9. The van der Waals surface area contributed by atoms with Gasteiger partial charge in [0.1, 0.15) is 0 Å². The van der Waals surface area contributed by atoms with E-state index in [1.54, 1.807) is 0 Å². The maximum absolute atomic E-state index is 5.33. The Balaban J connectivity index is 2.24. The summed E-state index contributed by atoms with van der Waals surface area (Å²) in [5.74, 6) is 2.70. The standard InChI is InChI=1S/C18H14/c1-2-3-6-14-9-10-16-12-11-15-7-4-5-8-17(15)18(16)13-14/h1,4-5,7-13H,3,6H2. The fraction of sp³-hybridized carbons (Fsp3) is 0.111. The van der Waals surface area contributed by atoms with Crippen molar-refractivity contribution in [2.75, 3.05) is 0 Å². The molecule has 0 bridgehead atoms. The highest BCUT2D eigenvalue weighted by Crippen LogP contribution is 2.26. The molecule has 0 radical (unpaired) electrons. The smallest absolute Gasteiger partial charge is 0.0127 e. The van der Waals surface area contributed by atoms with E-state index in [4.69, 9.17) is 6.42 Å². The molecule has 0 spiro atoms. The molecule has 3 rings (SSSR count). The molecule has 0 saturated carbocycles. The minimum Gasteiger partial charge on any atom is -0.120 e. The van der Waals surface area contributed by atoms with Gasteiger partial charge in [-0.2, -0.15) is 0 Å². The van der Waals surface area contributed by atoms with E-state index in [9.17, 15) is 0 Å². The Morgan fingerprint density at radius 1 is 0.833 bits per heavy atom. The first-order valence-corrected chi connectivity index (χ1v) is 6.22. The molecule has 0 aliphatic heterocycles. The molecule has 0 nitrogen and oxygen atoms in total. The number of rotatable bonds is 2. The third kappa shape index (κ3) is 1.85. The predicted molar refractivity (Wildman–Crippen MR) is 78.6 cm³/mol. The van der Waals surface area contributed by atoms with E-state index in [1.807, 2.05) is 0 Å². The number of terminal acetylenes is 1. The van der Waals surface area contributed by atoms with Crippen molar-refractivity contribution in [1.29, 1.82) is 0 Å². The van der Waals surface area contributed by atoms with Crippen LogP contribution in [-0.2, 0) is 6.42 Å². The number of aryl methyl sites for hydroxylation is 1. The zero-order valence-corrected chi connectivity index (χ0v) is 10.2. The molecule has 86 valence electrons. The van der Waals surface area contributed by atoms with E-state index in [2.05, 4.69) is 60.5 Å². The SMILES string of the molecule is C#CCCc1ccc2ccc3ccccc3c2c1. The van der Waals surface area contributed by atoms with Crippen LogP contribution in [0, 0.1) is 12.3 Å². The molecule has 18 heavy (non-hydrogen) atoms. The highest BCUT2D eigenvalue weighted by atomic mass is 14.1. The highest BCUT2D eigenvalue weighted by Gasteiger charge is 2.01. The molecule has 0 unspecified atom stereocenters. The molecule has 0 aliphatic rings. The Kier molecular flexibility index (Phi) is 2.74. The van der Waals surface area contributed by atoms with Crippen molar-refractivity contribution >= 4 is 21.5 Å². The summed E-state index contributed by atoms with van der Waals surface area (Å²) in [6.45, 7) is 0. The van der Waals surface area contributed by atoms with Crippen molar-refractivity contribution in [3.8, 4) is 12.3 Å². The van der Waals surface area contributed by atoms with Crippen molar-refractivity contribution in [3.63, 3.8) is 0 Å². The molecular formula is C18H14. The van der Waals surface area contributed by atoms with E-state index < -0.39 is 0 Å². The molecule has 0 aromatic heterocycles. The summed E-state index contributed by atoms with van der Waals surface area (Å²) < 4.78 is 0. The number of benzene rings is 3. The fourth-order valence-corrected chi connectivity index (χ4v) is 2.42. The van der Waals surface area contributed by atoms with Crippen LogP contribution in [-0.4, -0.2) is 0 Å². The van der Waals surface area contributed by atoms with Gasteiger partial charge in [0.25, 0.3) is 0 Å². The molecule has 0 N–H and O–H groups in total. The quantitative estimate of drug-likeness (QED) is 0.447. The zero-order valence-electron chi connectivity index (χ0n) is 10.2. The summed E-state index contributed by atoms with van der Waals surface area (Å²) in [6, 6.07) is 19.5. The van der Waals surface area contributed by atoms with Crippen LogP contribution in [0.1, 0.15) is 12.0 Å². The van der Waals surface area contributed by atoms with Gasteiger partial charge in [0.15, 0.2) is 0 Å². The lowest BCUT2D eigenvalue weighted by atomic mass is 9.99. The lowest BCUT2D eigenvalue weighted by Crippen LogP contribution is -1.85. The molecule has 0 fully saturated rings. The molecule has 0 aliphatic carbocycles. The van der Waals surface area contributed by atoms with Gasteiger partial charge in [-0.15, -0.1) is 12.3 Å². The first-order chi connectivity index (χ1) is 8.88. The van der Waals surface area contributed by atoms with Gasteiger partial charge in [-0.1, -0.05) is 54.6 Å². The van der Waals surface area contributed by atoms with Crippen LogP contribution in [0.15, 0.2) is 54.6 Å². The summed E-state index contributed by atoms with van der Waals surface area (Å²) in [5.41, 5.74) is 1.32. The molecule has 0 saturated heterocycles. The maximum Gasteiger partial charge on any atom is 0.0127 e. The lowest BCUT2D eigenvalue weighted by molar-refractivity contribution is 1.03. The Labute approximate surface area is 107 Å². The highest BCUT2D eigenvalue weighted by molar-refractivity contribution is 6.07. The third-order valence-corrected chi connectivity index (χ3v) is 3.37. The summed E-state index contributed by atoms with van der Waals surface area (Å²) in [4.78, 5) is 0. The van der Waals surface area contributed by atoms with Crippen molar-refractivity contribution in [1.82, 2.24) is 0 Å². The lowest BCUT2D eigenvalue weighted by Gasteiger charge is -2.06. The van der Waals surface area contributed by atoms with E-state index in [0.29, 0.717) is 0 Å². The molecule has 3 aromatic carbocycles. The summed E-state index contributed by atoms with van der Waals surface area (Å²) in [5, 5.41) is 5.22. The van der Waals surface area contributed by atoms with Crippen LogP contribution in [0.2, 0.25) is 0 Å².